The number of rotatable bonds is 2. The monoisotopic (exact) mass is 402 g/mol. The average molecular weight is 404 g/mol. The zero-order valence-electron chi connectivity index (χ0n) is 9.41. The number of benzene rings is 1. The number of thiophene rings is 1. The number of imidazole rings is 1. The number of halogens is 2. The molecule has 7 heteroatoms. The second kappa shape index (κ2) is 4.90. The molecule has 19 heavy (non-hydrogen) atoms. The van der Waals surface area contributed by atoms with Gasteiger partial charge in [-0.25, -0.2) is 4.79 Å². The molecule has 1 atom stereocenters. The van der Waals surface area contributed by atoms with Gasteiger partial charge in [0.25, 0.3) is 0 Å². The van der Waals surface area contributed by atoms with Gasteiger partial charge >= 0.3 is 5.69 Å². The molecule has 0 amide bonds. The summed E-state index contributed by atoms with van der Waals surface area (Å²) in [6.45, 7) is 0. The standard InChI is InChI=1S/C12H8Br2N2O2S/c13-9-4-6(11(14)19-9)10(17)5-1-2-7-8(3-5)16-12(18)15-7/h1-4,10,17H,(H2,15,16,18). The van der Waals surface area contributed by atoms with Crippen LogP contribution in [-0.4, -0.2) is 15.1 Å². The average Bonchev–Trinajstić information content (AvgIpc) is 2.88. The van der Waals surface area contributed by atoms with Crippen molar-refractivity contribution in [3.05, 3.63) is 53.4 Å². The van der Waals surface area contributed by atoms with E-state index in [0.717, 1.165) is 24.2 Å². The van der Waals surface area contributed by atoms with Crippen LogP contribution in [0.4, 0.5) is 0 Å². The Hall–Kier alpha value is -0.890. The second-order valence-electron chi connectivity index (χ2n) is 4.07. The Balaban J connectivity index is 2.08. The Bertz CT molecular complexity index is 806. The second-order valence-corrected chi connectivity index (χ2v) is 7.82. The fourth-order valence-electron chi connectivity index (χ4n) is 1.94. The third kappa shape index (κ3) is 2.43. The number of aromatic nitrogens is 2. The molecule has 2 heterocycles. The summed E-state index contributed by atoms with van der Waals surface area (Å²) in [6, 6.07) is 7.23. The molecular weight excluding hydrogens is 396 g/mol. The van der Waals surface area contributed by atoms with Gasteiger partial charge < -0.3 is 15.1 Å². The van der Waals surface area contributed by atoms with Gasteiger partial charge in [-0.1, -0.05) is 6.07 Å². The highest BCUT2D eigenvalue weighted by Gasteiger charge is 2.17. The van der Waals surface area contributed by atoms with Crippen molar-refractivity contribution in [3.63, 3.8) is 0 Å². The lowest BCUT2D eigenvalue weighted by Gasteiger charge is -2.10. The summed E-state index contributed by atoms with van der Waals surface area (Å²) in [5.74, 6) is 0. The van der Waals surface area contributed by atoms with E-state index in [4.69, 9.17) is 0 Å². The number of aromatic amines is 2. The summed E-state index contributed by atoms with van der Waals surface area (Å²) >= 11 is 8.33. The number of nitrogens with one attached hydrogen (secondary N) is 2. The summed E-state index contributed by atoms with van der Waals surface area (Å²) < 4.78 is 1.83. The fraction of sp³-hybridized carbons (Fsp3) is 0.0833. The summed E-state index contributed by atoms with van der Waals surface area (Å²) in [7, 11) is 0. The number of hydrogen-bond donors (Lipinski definition) is 3. The van der Waals surface area contributed by atoms with E-state index in [0.29, 0.717) is 5.52 Å². The SMILES string of the molecule is O=c1[nH]c2ccc(C(O)c3cc(Br)sc3Br)cc2[nH]1. The summed E-state index contributed by atoms with van der Waals surface area (Å²) in [6.07, 6.45) is -0.736. The molecule has 0 aliphatic carbocycles. The first kappa shape index (κ1) is 13.1. The first-order valence-corrected chi connectivity index (χ1v) is 7.79. The number of aliphatic hydroxyl groups excluding tert-OH is 1. The van der Waals surface area contributed by atoms with Crippen molar-refractivity contribution in [3.8, 4) is 0 Å². The predicted molar refractivity (Wildman–Crippen MR) is 82.7 cm³/mol. The number of H-pyrrole nitrogens is 2. The lowest BCUT2D eigenvalue weighted by Crippen LogP contribution is -1.99. The topological polar surface area (TPSA) is 68.9 Å². The van der Waals surface area contributed by atoms with Crippen LogP contribution < -0.4 is 5.69 Å². The van der Waals surface area contributed by atoms with Gasteiger partial charge in [-0.2, -0.15) is 0 Å². The summed E-state index contributed by atoms with van der Waals surface area (Å²) in [4.78, 5) is 16.6. The van der Waals surface area contributed by atoms with E-state index in [1.54, 1.807) is 18.2 Å². The zero-order chi connectivity index (χ0) is 13.6. The molecule has 1 aromatic carbocycles. The van der Waals surface area contributed by atoms with Crippen LogP contribution in [0.1, 0.15) is 17.2 Å². The number of aliphatic hydroxyl groups is 1. The molecule has 4 nitrogen and oxygen atoms in total. The highest BCUT2D eigenvalue weighted by atomic mass is 79.9. The molecule has 0 bridgehead atoms. The van der Waals surface area contributed by atoms with Crippen molar-refractivity contribution in [2.45, 2.75) is 6.10 Å². The lowest BCUT2D eigenvalue weighted by molar-refractivity contribution is 0.220. The normalized spacial score (nSPS) is 13.0. The minimum Gasteiger partial charge on any atom is -0.384 e. The van der Waals surface area contributed by atoms with Gasteiger partial charge in [-0.15, -0.1) is 11.3 Å². The minimum absolute atomic E-state index is 0.249. The Morgan fingerprint density at radius 1 is 1.16 bits per heavy atom. The van der Waals surface area contributed by atoms with E-state index in [2.05, 4.69) is 41.8 Å². The molecule has 1 unspecified atom stereocenters. The predicted octanol–water partition coefficient (Wildman–Crippen LogP) is 3.52. The quantitative estimate of drug-likeness (QED) is 0.612. The van der Waals surface area contributed by atoms with E-state index in [9.17, 15) is 9.90 Å². The van der Waals surface area contributed by atoms with Crippen molar-refractivity contribution in [1.29, 1.82) is 0 Å². The minimum atomic E-state index is -0.736. The number of hydrogen-bond acceptors (Lipinski definition) is 3. The smallest absolute Gasteiger partial charge is 0.323 e. The maximum Gasteiger partial charge on any atom is 0.323 e. The van der Waals surface area contributed by atoms with Gasteiger partial charge in [0.15, 0.2) is 0 Å². The maximum atomic E-state index is 11.2. The van der Waals surface area contributed by atoms with E-state index >= 15 is 0 Å². The van der Waals surface area contributed by atoms with Crippen molar-refractivity contribution in [2.75, 3.05) is 0 Å². The first-order chi connectivity index (χ1) is 9.04. The van der Waals surface area contributed by atoms with Gasteiger partial charge in [0.1, 0.15) is 6.10 Å². The highest BCUT2D eigenvalue weighted by Crippen LogP contribution is 2.38. The first-order valence-electron chi connectivity index (χ1n) is 5.39. The van der Waals surface area contributed by atoms with Crippen molar-refractivity contribution in [1.82, 2.24) is 9.97 Å². The van der Waals surface area contributed by atoms with Crippen LogP contribution in [0.25, 0.3) is 11.0 Å². The Morgan fingerprint density at radius 2 is 1.89 bits per heavy atom. The molecule has 3 N–H and O–H groups in total. The molecule has 0 aliphatic heterocycles. The summed E-state index contributed by atoms with van der Waals surface area (Å²) in [5, 5.41) is 10.4. The third-order valence-electron chi connectivity index (χ3n) is 2.83. The van der Waals surface area contributed by atoms with Crippen LogP contribution in [0.5, 0.6) is 0 Å². The van der Waals surface area contributed by atoms with Crippen LogP contribution >= 0.6 is 43.2 Å². The Kier molecular flexibility index (Phi) is 3.38. The molecule has 0 radical (unpaired) electrons. The maximum absolute atomic E-state index is 11.2. The molecule has 3 aromatic rings. The van der Waals surface area contributed by atoms with Gasteiger partial charge in [-0.05, 0) is 55.6 Å². The van der Waals surface area contributed by atoms with Crippen LogP contribution in [0.3, 0.4) is 0 Å². The van der Waals surface area contributed by atoms with E-state index in [1.165, 1.54) is 11.3 Å². The zero-order valence-corrected chi connectivity index (χ0v) is 13.4. The van der Waals surface area contributed by atoms with Gasteiger partial charge in [-0.3, -0.25) is 0 Å². The highest BCUT2D eigenvalue weighted by molar-refractivity contribution is 9.12. The Labute approximate surface area is 128 Å². The lowest BCUT2D eigenvalue weighted by atomic mass is 10.0. The molecule has 2 aromatic heterocycles. The van der Waals surface area contributed by atoms with E-state index in [1.807, 2.05) is 6.07 Å². The van der Waals surface area contributed by atoms with E-state index < -0.39 is 6.10 Å². The number of fused-ring (bicyclic) bond motifs is 1. The summed E-state index contributed by atoms with van der Waals surface area (Å²) in [5.41, 5.74) is 2.70. The molecular formula is C12H8Br2N2O2S. The molecule has 0 fully saturated rings. The van der Waals surface area contributed by atoms with Crippen molar-refractivity contribution >= 4 is 54.2 Å². The van der Waals surface area contributed by atoms with Gasteiger partial charge in [0, 0.05) is 5.56 Å². The van der Waals surface area contributed by atoms with Crippen LogP contribution in [0.15, 0.2) is 36.6 Å². The van der Waals surface area contributed by atoms with Gasteiger partial charge in [0.2, 0.25) is 0 Å². The fourth-order valence-corrected chi connectivity index (χ4v) is 4.82. The Morgan fingerprint density at radius 3 is 2.58 bits per heavy atom. The van der Waals surface area contributed by atoms with Crippen molar-refractivity contribution in [2.24, 2.45) is 0 Å². The molecule has 98 valence electrons. The van der Waals surface area contributed by atoms with E-state index in [-0.39, 0.29) is 5.69 Å². The van der Waals surface area contributed by atoms with Crippen molar-refractivity contribution < 1.29 is 5.11 Å². The third-order valence-corrected chi connectivity index (χ3v) is 5.22. The van der Waals surface area contributed by atoms with Crippen LogP contribution in [0, 0.1) is 0 Å². The molecule has 0 spiro atoms. The molecule has 3 rings (SSSR count). The molecule has 0 aliphatic rings. The van der Waals surface area contributed by atoms with Crippen LogP contribution in [-0.2, 0) is 0 Å². The molecule has 0 saturated carbocycles. The molecule has 0 saturated heterocycles. The largest absolute Gasteiger partial charge is 0.384 e. The van der Waals surface area contributed by atoms with Crippen LogP contribution in [0.2, 0.25) is 0 Å². The van der Waals surface area contributed by atoms with Gasteiger partial charge in [0.05, 0.1) is 18.6 Å².